The van der Waals surface area contributed by atoms with E-state index < -0.39 is 5.97 Å². The molecule has 0 bridgehead atoms. The molecular formula is C20H23NO5. The average Bonchev–Trinajstić information content (AvgIpc) is 2.66. The first-order valence-electron chi connectivity index (χ1n) is 8.38. The predicted molar refractivity (Wildman–Crippen MR) is 98.9 cm³/mol. The molecule has 0 spiro atoms. The highest BCUT2D eigenvalue weighted by molar-refractivity contribution is 5.95. The summed E-state index contributed by atoms with van der Waals surface area (Å²) >= 11 is 0. The maximum atomic E-state index is 12.2. The van der Waals surface area contributed by atoms with Crippen LogP contribution in [0.5, 0.6) is 11.5 Å². The topological polar surface area (TPSA) is 73.9 Å². The van der Waals surface area contributed by atoms with Crippen molar-refractivity contribution in [2.45, 2.75) is 20.3 Å². The molecule has 2 aromatic rings. The second-order valence-electron chi connectivity index (χ2n) is 5.65. The number of carbonyl (C=O) groups is 2. The number of hydrogen-bond donors (Lipinski definition) is 1. The number of methoxy groups -OCH3 is 1. The Morgan fingerprint density at radius 1 is 1.04 bits per heavy atom. The minimum Gasteiger partial charge on any atom is -0.490 e. The largest absolute Gasteiger partial charge is 0.490 e. The summed E-state index contributed by atoms with van der Waals surface area (Å²) in [5.41, 5.74) is 1.74. The first-order valence-corrected chi connectivity index (χ1v) is 8.38. The Balaban J connectivity index is 2.01. The van der Waals surface area contributed by atoms with Gasteiger partial charge in [0.2, 0.25) is 0 Å². The number of carbonyl (C=O) groups excluding carboxylic acids is 2. The molecule has 0 radical (unpaired) electrons. The molecule has 0 fully saturated rings. The van der Waals surface area contributed by atoms with Crippen LogP contribution in [-0.4, -0.2) is 32.2 Å². The van der Waals surface area contributed by atoms with E-state index in [2.05, 4.69) is 5.32 Å². The number of hydrogen-bond acceptors (Lipinski definition) is 5. The number of benzene rings is 2. The summed E-state index contributed by atoms with van der Waals surface area (Å²) in [7, 11) is 1.31. The van der Waals surface area contributed by atoms with E-state index in [1.54, 1.807) is 30.3 Å². The molecule has 6 nitrogen and oxygen atoms in total. The summed E-state index contributed by atoms with van der Waals surface area (Å²) < 4.78 is 15.9. The van der Waals surface area contributed by atoms with Gasteiger partial charge < -0.3 is 19.5 Å². The van der Waals surface area contributed by atoms with E-state index in [0.717, 1.165) is 12.0 Å². The number of amides is 1. The van der Waals surface area contributed by atoms with Crippen LogP contribution in [0.1, 0.15) is 29.3 Å². The number of para-hydroxylation sites is 2. The van der Waals surface area contributed by atoms with Gasteiger partial charge in [0.15, 0.2) is 18.1 Å². The minimum atomic E-state index is -0.459. The van der Waals surface area contributed by atoms with Crippen LogP contribution >= 0.6 is 0 Å². The molecule has 1 amide bonds. The molecule has 0 saturated heterocycles. The fourth-order valence-corrected chi connectivity index (χ4v) is 2.23. The van der Waals surface area contributed by atoms with Gasteiger partial charge in [-0.3, -0.25) is 4.79 Å². The van der Waals surface area contributed by atoms with Crippen LogP contribution in [0.4, 0.5) is 5.69 Å². The third kappa shape index (κ3) is 5.24. The number of rotatable bonds is 8. The monoisotopic (exact) mass is 357 g/mol. The minimum absolute atomic E-state index is 0.172. The van der Waals surface area contributed by atoms with Crippen molar-refractivity contribution in [2.24, 2.45) is 0 Å². The molecule has 0 aliphatic carbocycles. The zero-order chi connectivity index (χ0) is 18.9. The van der Waals surface area contributed by atoms with Crippen LogP contribution in [0.15, 0.2) is 42.5 Å². The quantitative estimate of drug-likeness (QED) is 0.731. The van der Waals surface area contributed by atoms with Crippen molar-refractivity contribution >= 4 is 17.6 Å². The summed E-state index contributed by atoms with van der Waals surface area (Å²) in [6.45, 7) is 4.26. The van der Waals surface area contributed by atoms with Crippen molar-refractivity contribution in [1.29, 1.82) is 0 Å². The molecule has 0 unspecified atom stereocenters. The first kappa shape index (κ1) is 19.3. The Bertz CT molecular complexity index is 773. The predicted octanol–water partition coefficient (Wildman–Crippen LogP) is 3.59. The summed E-state index contributed by atoms with van der Waals surface area (Å²) in [5, 5.41) is 2.75. The molecule has 0 aromatic heterocycles. The second kappa shape index (κ2) is 9.46. The number of ether oxygens (including phenoxy) is 3. The van der Waals surface area contributed by atoms with Crippen LogP contribution in [-0.2, 0) is 9.53 Å². The smallest absolute Gasteiger partial charge is 0.337 e. The van der Waals surface area contributed by atoms with Crippen molar-refractivity contribution in [2.75, 3.05) is 25.6 Å². The summed E-state index contributed by atoms with van der Waals surface area (Å²) in [4.78, 5) is 23.8. The lowest BCUT2D eigenvalue weighted by Crippen LogP contribution is -2.21. The average molecular weight is 357 g/mol. The Morgan fingerprint density at radius 2 is 1.73 bits per heavy atom. The van der Waals surface area contributed by atoms with Gasteiger partial charge in [-0.15, -0.1) is 0 Å². The Kier molecular flexibility index (Phi) is 7.02. The molecular weight excluding hydrogens is 334 g/mol. The van der Waals surface area contributed by atoms with Gasteiger partial charge in [0.25, 0.3) is 5.91 Å². The molecule has 0 aliphatic heterocycles. The van der Waals surface area contributed by atoms with Crippen LogP contribution in [0.2, 0.25) is 0 Å². The maximum Gasteiger partial charge on any atom is 0.337 e. The van der Waals surface area contributed by atoms with Crippen LogP contribution in [0.25, 0.3) is 0 Å². The fourth-order valence-electron chi connectivity index (χ4n) is 2.23. The van der Waals surface area contributed by atoms with Crippen molar-refractivity contribution in [3.8, 4) is 11.5 Å². The van der Waals surface area contributed by atoms with Crippen LogP contribution in [0.3, 0.4) is 0 Å². The Hall–Kier alpha value is -3.02. The molecule has 2 rings (SSSR count). The normalized spacial score (nSPS) is 10.1. The van der Waals surface area contributed by atoms with Gasteiger partial charge in [-0.2, -0.15) is 0 Å². The van der Waals surface area contributed by atoms with Gasteiger partial charge in [0.05, 0.1) is 19.3 Å². The van der Waals surface area contributed by atoms with Crippen molar-refractivity contribution in [3.05, 3.63) is 53.6 Å². The van der Waals surface area contributed by atoms with Gasteiger partial charge in [-0.1, -0.05) is 25.1 Å². The lowest BCUT2D eigenvalue weighted by molar-refractivity contribution is -0.118. The second-order valence-corrected chi connectivity index (χ2v) is 5.65. The standard InChI is InChI=1S/C20H23NO5/c1-4-11-25-17-7-5-6-8-18(17)26-13-19(22)21-16-12-15(20(23)24-3)10-9-14(16)2/h5-10,12H,4,11,13H2,1-3H3,(H,21,22). The van der Waals surface area contributed by atoms with Crippen LogP contribution < -0.4 is 14.8 Å². The zero-order valence-electron chi connectivity index (χ0n) is 15.2. The highest BCUT2D eigenvalue weighted by atomic mass is 16.5. The SMILES string of the molecule is CCCOc1ccccc1OCC(=O)Nc1cc(C(=O)OC)ccc1C. The molecule has 2 aromatic carbocycles. The number of nitrogens with one attached hydrogen (secondary N) is 1. The lowest BCUT2D eigenvalue weighted by Gasteiger charge is -2.13. The van der Waals surface area contributed by atoms with E-state index in [1.807, 2.05) is 26.0 Å². The summed E-state index contributed by atoms with van der Waals surface area (Å²) in [6, 6.07) is 12.2. The van der Waals surface area contributed by atoms with Crippen molar-refractivity contribution in [3.63, 3.8) is 0 Å². The van der Waals surface area contributed by atoms with Gasteiger partial charge in [-0.05, 0) is 43.2 Å². The van der Waals surface area contributed by atoms with Gasteiger partial charge >= 0.3 is 5.97 Å². The first-order chi connectivity index (χ1) is 12.5. The molecule has 0 aliphatic rings. The molecule has 0 atom stereocenters. The summed E-state index contributed by atoms with van der Waals surface area (Å²) in [6.07, 6.45) is 0.880. The van der Waals surface area contributed by atoms with Gasteiger partial charge in [-0.25, -0.2) is 4.79 Å². The number of aryl methyl sites for hydroxylation is 1. The van der Waals surface area contributed by atoms with E-state index in [0.29, 0.717) is 29.4 Å². The molecule has 26 heavy (non-hydrogen) atoms. The summed E-state index contributed by atoms with van der Waals surface area (Å²) in [5.74, 6) is 0.321. The van der Waals surface area contributed by atoms with Gasteiger partial charge in [0, 0.05) is 5.69 Å². The maximum absolute atomic E-state index is 12.2. The molecule has 0 heterocycles. The zero-order valence-corrected chi connectivity index (χ0v) is 15.2. The molecule has 1 N–H and O–H groups in total. The van der Waals surface area contributed by atoms with E-state index in [-0.39, 0.29) is 12.5 Å². The third-order valence-electron chi connectivity index (χ3n) is 3.60. The Labute approximate surface area is 153 Å². The molecule has 0 saturated carbocycles. The fraction of sp³-hybridized carbons (Fsp3) is 0.300. The Morgan fingerprint density at radius 3 is 2.38 bits per heavy atom. The van der Waals surface area contributed by atoms with Crippen LogP contribution in [0, 0.1) is 6.92 Å². The van der Waals surface area contributed by atoms with E-state index in [1.165, 1.54) is 7.11 Å². The van der Waals surface area contributed by atoms with E-state index in [9.17, 15) is 9.59 Å². The number of anilines is 1. The van der Waals surface area contributed by atoms with Crippen molar-refractivity contribution in [1.82, 2.24) is 0 Å². The van der Waals surface area contributed by atoms with Gasteiger partial charge in [0.1, 0.15) is 0 Å². The highest BCUT2D eigenvalue weighted by Crippen LogP contribution is 2.26. The van der Waals surface area contributed by atoms with E-state index in [4.69, 9.17) is 14.2 Å². The molecule has 6 heteroatoms. The molecule has 138 valence electrons. The lowest BCUT2D eigenvalue weighted by atomic mass is 10.1. The highest BCUT2D eigenvalue weighted by Gasteiger charge is 2.12. The van der Waals surface area contributed by atoms with Crippen molar-refractivity contribution < 1.29 is 23.8 Å². The third-order valence-corrected chi connectivity index (χ3v) is 3.60. The number of esters is 1. The van der Waals surface area contributed by atoms with E-state index >= 15 is 0 Å².